The summed E-state index contributed by atoms with van der Waals surface area (Å²) < 4.78 is 66.1. The van der Waals surface area contributed by atoms with Crippen LogP contribution in [0.1, 0.15) is 34.3 Å². The van der Waals surface area contributed by atoms with E-state index in [1.54, 1.807) is 31.4 Å². The number of hydrogen-bond acceptors (Lipinski definition) is 3. The van der Waals surface area contributed by atoms with Crippen molar-refractivity contribution in [2.45, 2.75) is 26.7 Å². The van der Waals surface area contributed by atoms with Gasteiger partial charge in [-0.25, -0.2) is 22.0 Å². The number of carbonyl (C=O) groups is 2. The molecule has 0 radical (unpaired) electrons. The Morgan fingerprint density at radius 3 is 2.00 bits per heavy atom. The van der Waals surface area contributed by atoms with Crippen LogP contribution < -0.4 is 10.9 Å². The topological polar surface area (TPSA) is 58.2 Å². The molecule has 0 spiro atoms. The van der Waals surface area contributed by atoms with E-state index in [-0.39, 0.29) is 18.6 Å². The maximum Gasteiger partial charge on any atom is 0.238 e. The van der Waals surface area contributed by atoms with Crippen LogP contribution in [0, 0.1) is 42.9 Å². The number of anilines is 1. The first kappa shape index (κ1) is 20.3. The Bertz CT molecular complexity index is 886. The highest BCUT2D eigenvalue weighted by molar-refractivity contribution is 5.99. The van der Waals surface area contributed by atoms with Crippen LogP contribution in [0.25, 0.3) is 0 Å². The fourth-order valence-corrected chi connectivity index (χ4v) is 2.31. The zero-order valence-electron chi connectivity index (χ0n) is 14.4. The number of hydrogen-bond donors (Lipinski definition) is 2. The number of aryl methyl sites for hydroxylation is 2. The number of amides is 1. The molecule has 0 atom stereocenters. The van der Waals surface area contributed by atoms with Gasteiger partial charge in [0.2, 0.25) is 11.7 Å². The van der Waals surface area contributed by atoms with Crippen molar-refractivity contribution in [1.29, 1.82) is 0 Å². The van der Waals surface area contributed by atoms with Gasteiger partial charge in [0.1, 0.15) is 5.69 Å². The predicted octanol–water partition coefficient (Wildman–Crippen LogP) is 4.11. The van der Waals surface area contributed by atoms with Gasteiger partial charge < -0.3 is 0 Å². The van der Waals surface area contributed by atoms with Gasteiger partial charge in [-0.1, -0.05) is 17.7 Å². The van der Waals surface area contributed by atoms with Crippen LogP contribution in [0.2, 0.25) is 0 Å². The third-order valence-corrected chi connectivity index (χ3v) is 3.81. The Morgan fingerprint density at radius 1 is 0.852 bits per heavy atom. The maximum atomic E-state index is 13.5. The molecule has 0 aromatic heterocycles. The lowest BCUT2D eigenvalue weighted by molar-refractivity contribution is -0.120. The Kier molecular flexibility index (Phi) is 6.14. The molecule has 144 valence electrons. The molecule has 0 aliphatic carbocycles. The molecule has 0 bridgehead atoms. The SMILES string of the molecule is Cc1ccc(C)c(C(=O)CCC(=O)NNc2c(F)c(F)c(F)c(F)c2F)c1. The number of Topliss-reactive ketones (excluding diaryl/α,β-unsaturated/α-hetero) is 1. The summed E-state index contributed by atoms with van der Waals surface area (Å²) in [5.41, 5.74) is 4.12. The van der Waals surface area contributed by atoms with Crippen molar-refractivity contribution < 1.29 is 31.5 Å². The molecule has 0 aliphatic heterocycles. The molecule has 0 unspecified atom stereocenters. The van der Waals surface area contributed by atoms with E-state index >= 15 is 0 Å². The van der Waals surface area contributed by atoms with E-state index in [1.807, 2.05) is 11.5 Å². The van der Waals surface area contributed by atoms with Crippen molar-refractivity contribution in [3.63, 3.8) is 0 Å². The molecule has 0 fully saturated rings. The average Bonchev–Trinajstić information content (AvgIpc) is 2.64. The van der Waals surface area contributed by atoms with Crippen LogP contribution >= 0.6 is 0 Å². The lowest BCUT2D eigenvalue weighted by Gasteiger charge is -2.12. The van der Waals surface area contributed by atoms with Gasteiger partial charge in [0.05, 0.1) is 0 Å². The summed E-state index contributed by atoms with van der Waals surface area (Å²) >= 11 is 0. The summed E-state index contributed by atoms with van der Waals surface area (Å²) in [5, 5.41) is 0. The molecule has 0 saturated carbocycles. The molecule has 27 heavy (non-hydrogen) atoms. The standard InChI is InChI=1S/C18H15F5N2O2/c1-8-3-4-9(2)10(7-8)11(26)5-6-12(27)24-25-18-16(22)14(20)13(19)15(21)17(18)23/h3-4,7,25H,5-6H2,1-2H3,(H,24,27). The fraction of sp³-hybridized carbons (Fsp3) is 0.222. The van der Waals surface area contributed by atoms with Crippen LogP contribution in [-0.2, 0) is 4.79 Å². The van der Waals surface area contributed by atoms with Gasteiger partial charge in [-0.3, -0.25) is 20.4 Å². The Hall–Kier alpha value is -2.97. The number of nitrogens with one attached hydrogen (secondary N) is 2. The molecule has 2 N–H and O–H groups in total. The molecule has 2 aromatic rings. The van der Waals surface area contributed by atoms with Crippen molar-refractivity contribution in [2.24, 2.45) is 0 Å². The number of ketones is 1. The van der Waals surface area contributed by atoms with E-state index in [4.69, 9.17) is 0 Å². The second-order valence-corrected chi connectivity index (χ2v) is 5.86. The van der Waals surface area contributed by atoms with E-state index in [0.29, 0.717) is 5.56 Å². The van der Waals surface area contributed by atoms with Gasteiger partial charge in [0.15, 0.2) is 29.1 Å². The van der Waals surface area contributed by atoms with Gasteiger partial charge in [0, 0.05) is 18.4 Å². The van der Waals surface area contributed by atoms with Crippen molar-refractivity contribution in [3.05, 3.63) is 64.0 Å². The first-order chi connectivity index (χ1) is 12.6. The number of hydrazine groups is 1. The average molecular weight is 386 g/mol. The minimum Gasteiger partial charge on any atom is -0.294 e. The zero-order chi connectivity index (χ0) is 20.3. The summed E-state index contributed by atoms with van der Waals surface area (Å²) in [4.78, 5) is 23.9. The molecule has 0 aliphatic rings. The summed E-state index contributed by atoms with van der Waals surface area (Å²) in [6.07, 6.45) is -0.552. The van der Waals surface area contributed by atoms with E-state index in [9.17, 15) is 31.5 Å². The van der Waals surface area contributed by atoms with E-state index in [2.05, 4.69) is 0 Å². The van der Waals surface area contributed by atoms with Crippen LogP contribution in [0.3, 0.4) is 0 Å². The number of halogens is 5. The molecule has 0 heterocycles. The molecule has 2 rings (SSSR count). The molecule has 2 aromatic carbocycles. The summed E-state index contributed by atoms with van der Waals surface area (Å²) in [6.45, 7) is 3.54. The van der Waals surface area contributed by atoms with Gasteiger partial charge in [-0.05, 0) is 25.5 Å². The largest absolute Gasteiger partial charge is 0.294 e. The lowest BCUT2D eigenvalue weighted by Crippen LogP contribution is -2.31. The zero-order valence-corrected chi connectivity index (χ0v) is 14.4. The van der Waals surface area contributed by atoms with Gasteiger partial charge in [0.25, 0.3) is 0 Å². The van der Waals surface area contributed by atoms with E-state index in [0.717, 1.165) is 11.1 Å². The number of rotatable bonds is 6. The molecule has 1 amide bonds. The highest BCUT2D eigenvalue weighted by Gasteiger charge is 2.26. The van der Waals surface area contributed by atoms with E-state index < -0.39 is 40.7 Å². The monoisotopic (exact) mass is 386 g/mol. The van der Waals surface area contributed by atoms with Gasteiger partial charge in [-0.2, -0.15) is 0 Å². The van der Waals surface area contributed by atoms with Crippen molar-refractivity contribution in [1.82, 2.24) is 5.43 Å². The Balaban J connectivity index is 2.00. The minimum absolute atomic E-state index is 0.199. The first-order valence-corrected chi connectivity index (χ1v) is 7.80. The molecular weight excluding hydrogens is 371 g/mol. The number of carbonyl (C=O) groups excluding carboxylic acids is 2. The van der Waals surface area contributed by atoms with Gasteiger partial charge in [-0.15, -0.1) is 0 Å². The van der Waals surface area contributed by atoms with Crippen LogP contribution in [0.5, 0.6) is 0 Å². The Morgan fingerprint density at radius 2 is 1.41 bits per heavy atom. The van der Waals surface area contributed by atoms with Gasteiger partial charge >= 0.3 is 0 Å². The third-order valence-electron chi connectivity index (χ3n) is 3.81. The first-order valence-electron chi connectivity index (χ1n) is 7.80. The van der Waals surface area contributed by atoms with E-state index in [1.165, 1.54) is 0 Å². The second kappa shape index (κ2) is 8.15. The summed E-state index contributed by atoms with van der Waals surface area (Å²) in [7, 11) is 0. The molecule has 9 heteroatoms. The quantitative estimate of drug-likeness (QED) is 0.258. The van der Waals surface area contributed by atoms with Crippen LogP contribution in [0.15, 0.2) is 18.2 Å². The highest BCUT2D eigenvalue weighted by atomic mass is 19.2. The number of benzene rings is 2. The molecular formula is C18H15F5N2O2. The van der Waals surface area contributed by atoms with Crippen LogP contribution in [0.4, 0.5) is 27.6 Å². The van der Waals surface area contributed by atoms with Crippen molar-refractivity contribution in [3.8, 4) is 0 Å². The summed E-state index contributed by atoms with van der Waals surface area (Å²) in [5.74, 6) is -12.0. The summed E-state index contributed by atoms with van der Waals surface area (Å²) in [6, 6.07) is 5.25. The second-order valence-electron chi connectivity index (χ2n) is 5.86. The van der Waals surface area contributed by atoms with Crippen molar-refractivity contribution >= 4 is 17.4 Å². The fourth-order valence-electron chi connectivity index (χ4n) is 2.31. The molecule has 0 saturated heterocycles. The smallest absolute Gasteiger partial charge is 0.238 e. The highest BCUT2D eigenvalue weighted by Crippen LogP contribution is 2.26. The maximum absolute atomic E-state index is 13.5. The normalized spacial score (nSPS) is 10.6. The van der Waals surface area contributed by atoms with Crippen molar-refractivity contribution in [2.75, 3.05) is 5.43 Å². The molecule has 4 nitrogen and oxygen atoms in total. The Labute approximate surface area is 151 Å². The van der Waals surface area contributed by atoms with Crippen LogP contribution in [-0.4, -0.2) is 11.7 Å². The predicted molar refractivity (Wildman–Crippen MR) is 87.5 cm³/mol. The lowest BCUT2D eigenvalue weighted by atomic mass is 9.99. The third kappa shape index (κ3) is 4.42. The minimum atomic E-state index is -2.30.